The van der Waals surface area contributed by atoms with Gasteiger partial charge in [-0.1, -0.05) is 0 Å². The van der Waals surface area contributed by atoms with Crippen molar-refractivity contribution in [1.29, 1.82) is 0 Å². The van der Waals surface area contributed by atoms with Crippen molar-refractivity contribution in [2.75, 3.05) is 11.1 Å². The van der Waals surface area contributed by atoms with Crippen LogP contribution in [0.5, 0.6) is 0 Å². The first kappa shape index (κ1) is 19.3. The van der Waals surface area contributed by atoms with E-state index in [4.69, 9.17) is 10.5 Å². The van der Waals surface area contributed by atoms with Gasteiger partial charge in [-0.25, -0.2) is 24.1 Å². The lowest BCUT2D eigenvalue weighted by atomic mass is 10.3. The number of aromatic nitrogens is 6. The fraction of sp³-hybridized carbons (Fsp3) is 0.0556. The molecule has 4 aromatic rings. The van der Waals surface area contributed by atoms with E-state index in [1.165, 1.54) is 35.6 Å². The maximum absolute atomic E-state index is 13.0. The highest BCUT2D eigenvalue weighted by Crippen LogP contribution is 2.20. The standard InChI is InChI=1S/C18H13FN8O2S/c19-10-2-4-11(5-3-10)23-18-26-13(25-17(20)27-18)8-29-16(28)12-9-30-15(24-12)14-21-6-1-7-22-14/h1-7,9H,8H2,(H3,20,23,25,26,27). The van der Waals surface area contributed by atoms with Crippen LogP contribution < -0.4 is 11.1 Å². The van der Waals surface area contributed by atoms with Crippen molar-refractivity contribution >= 4 is 34.9 Å². The number of hydrogen-bond donors (Lipinski definition) is 2. The summed E-state index contributed by atoms with van der Waals surface area (Å²) in [4.78, 5) is 36.7. The predicted octanol–water partition coefficient (Wildman–Crippen LogP) is 2.61. The molecule has 4 rings (SSSR count). The van der Waals surface area contributed by atoms with Gasteiger partial charge in [0.15, 0.2) is 29.0 Å². The smallest absolute Gasteiger partial charge is 0.358 e. The van der Waals surface area contributed by atoms with Crippen LogP contribution in [0.25, 0.3) is 10.8 Å². The summed E-state index contributed by atoms with van der Waals surface area (Å²) in [5.41, 5.74) is 6.37. The molecule has 0 unspecified atom stereocenters. The molecule has 30 heavy (non-hydrogen) atoms. The molecule has 1 aromatic carbocycles. The van der Waals surface area contributed by atoms with Gasteiger partial charge in [0.2, 0.25) is 11.9 Å². The van der Waals surface area contributed by atoms with Crippen LogP contribution in [-0.4, -0.2) is 35.9 Å². The summed E-state index contributed by atoms with van der Waals surface area (Å²) in [6.07, 6.45) is 3.18. The van der Waals surface area contributed by atoms with Crippen LogP contribution in [0.4, 0.5) is 22.0 Å². The van der Waals surface area contributed by atoms with Crippen molar-refractivity contribution in [2.24, 2.45) is 0 Å². The van der Waals surface area contributed by atoms with E-state index >= 15 is 0 Å². The molecule has 0 aliphatic heterocycles. The average Bonchev–Trinajstić information content (AvgIpc) is 3.24. The summed E-state index contributed by atoms with van der Waals surface area (Å²) >= 11 is 1.22. The normalized spacial score (nSPS) is 10.6. The van der Waals surface area contributed by atoms with Crippen LogP contribution in [-0.2, 0) is 11.3 Å². The van der Waals surface area contributed by atoms with Crippen molar-refractivity contribution in [3.63, 3.8) is 0 Å². The topological polar surface area (TPSA) is 142 Å². The summed E-state index contributed by atoms with van der Waals surface area (Å²) in [6.45, 7) is -0.238. The maximum Gasteiger partial charge on any atom is 0.358 e. The number of ether oxygens (including phenoxy) is 1. The summed E-state index contributed by atoms with van der Waals surface area (Å²) < 4.78 is 18.2. The van der Waals surface area contributed by atoms with Gasteiger partial charge in [0.05, 0.1) is 0 Å². The molecule has 0 amide bonds. The number of nitrogens with zero attached hydrogens (tertiary/aromatic N) is 6. The quantitative estimate of drug-likeness (QED) is 0.443. The molecule has 0 atom stereocenters. The van der Waals surface area contributed by atoms with E-state index in [-0.39, 0.29) is 35.8 Å². The van der Waals surface area contributed by atoms with Gasteiger partial charge in [-0.05, 0) is 30.3 Å². The monoisotopic (exact) mass is 424 g/mol. The number of carbonyl (C=O) groups is 1. The lowest BCUT2D eigenvalue weighted by Crippen LogP contribution is -2.11. The lowest BCUT2D eigenvalue weighted by molar-refractivity contribution is 0.0456. The van der Waals surface area contributed by atoms with Crippen molar-refractivity contribution in [1.82, 2.24) is 29.9 Å². The Morgan fingerprint density at radius 2 is 1.87 bits per heavy atom. The number of thiazole rings is 1. The van der Waals surface area contributed by atoms with Crippen LogP contribution in [0.15, 0.2) is 48.1 Å². The number of esters is 1. The van der Waals surface area contributed by atoms with Gasteiger partial charge in [0.25, 0.3) is 0 Å². The zero-order chi connectivity index (χ0) is 20.9. The fourth-order valence-corrected chi connectivity index (χ4v) is 3.04. The van der Waals surface area contributed by atoms with E-state index in [0.29, 0.717) is 16.5 Å². The Morgan fingerprint density at radius 1 is 1.10 bits per heavy atom. The summed E-state index contributed by atoms with van der Waals surface area (Å²) in [5.74, 6) is -0.381. The first-order valence-corrected chi connectivity index (χ1v) is 9.38. The first-order chi connectivity index (χ1) is 14.6. The van der Waals surface area contributed by atoms with E-state index in [2.05, 4.69) is 35.2 Å². The number of rotatable bonds is 6. The molecule has 10 nitrogen and oxygen atoms in total. The Hall–Kier alpha value is -4.06. The molecule has 0 spiro atoms. The van der Waals surface area contributed by atoms with Crippen molar-refractivity contribution in [2.45, 2.75) is 6.61 Å². The van der Waals surface area contributed by atoms with E-state index in [0.717, 1.165) is 0 Å². The molecule has 0 saturated heterocycles. The Morgan fingerprint density at radius 3 is 2.63 bits per heavy atom. The van der Waals surface area contributed by atoms with E-state index in [1.54, 1.807) is 23.8 Å². The number of benzene rings is 1. The second-order valence-corrected chi connectivity index (χ2v) is 6.61. The van der Waals surface area contributed by atoms with Gasteiger partial charge in [-0.15, -0.1) is 11.3 Å². The highest BCUT2D eigenvalue weighted by molar-refractivity contribution is 7.13. The molecular weight excluding hydrogens is 411 g/mol. The molecule has 3 heterocycles. The van der Waals surface area contributed by atoms with Crippen LogP contribution in [0, 0.1) is 5.82 Å². The van der Waals surface area contributed by atoms with Crippen LogP contribution in [0.3, 0.4) is 0 Å². The fourth-order valence-electron chi connectivity index (χ4n) is 2.30. The minimum absolute atomic E-state index is 0.0576. The maximum atomic E-state index is 13.0. The van der Waals surface area contributed by atoms with Crippen LogP contribution in [0.1, 0.15) is 16.3 Å². The average molecular weight is 424 g/mol. The van der Waals surface area contributed by atoms with Crippen molar-refractivity contribution in [3.8, 4) is 10.8 Å². The van der Waals surface area contributed by atoms with E-state index < -0.39 is 5.97 Å². The molecule has 12 heteroatoms. The summed E-state index contributed by atoms with van der Waals surface area (Å²) in [6, 6.07) is 7.30. The third-order valence-electron chi connectivity index (χ3n) is 3.60. The van der Waals surface area contributed by atoms with Gasteiger partial charge < -0.3 is 15.8 Å². The van der Waals surface area contributed by atoms with Gasteiger partial charge >= 0.3 is 5.97 Å². The number of carbonyl (C=O) groups excluding carboxylic acids is 1. The Bertz CT molecular complexity index is 1170. The Balaban J connectivity index is 1.42. The zero-order valence-electron chi connectivity index (χ0n) is 15.2. The van der Waals surface area contributed by atoms with E-state index in [1.807, 2.05) is 0 Å². The number of nitrogen functional groups attached to an aromatic ring is 1. The van der Waals surface area contributed by atoms with Gasteiger partial charge in [-0.3, -0.25) is 0 Å². The molecule has 3 N–H and O–H groups in total. The molecule has 0 bridgehead atoms. The van der Waals surface area contributed by atoms with Crippen molar-refractivity contribution < 1.29 is 13.9 Å². The second kappa shape index (κ2) is 8.53. The van der Waals surface area contributed by atoms with E-state index in [9.17, 15) is 9.18 Å². The number of nitrogens with two attached hydrogens (primary N) is 1. The molecule has 0 saturated carbocycles. The van der Waals surface area contributed by atoms with Gasteiger partial charge in [0, 0.05) is 23.5 Å². The Kier molecular flexibility index (Phi) is 5.48. The molecule has 0 aliphatic rings. The molecule has 3 aromatic heterocycles. The minimum Gasteiger partial charge on any atom is -0.453 e. The van der Waals surface area contributed by atoms with Crippen molar-refractivity contribution in [3.05, 3.63) is 65.4 Å². The highest BCUT2D eigenvalue weighted by Gasteiger charge is 2.16. The first-order valence-electron chi connectivity index (χ1n) is 8.50. The second-order valence-electron chi connectivity index (χ2n) is 5.75. The molecule has 0 fully saturated rings. The van der Waals surface area contributed by atoms with Gasteiger partial charge in [-0.2, -0.15) is 15.0 Å². The molecule has 0 aliphatic carbocycles. The van der Waals surface area contributed by atoms with Gasteiger partial charge in [0.1, 0.15) is 5.82 Å². The number of hydrogen-bond acceptors (Lipinski definition) is 11. The Labute approximate surface area is 173 Å². The molecule has 150 valence electrons. The van der Waals surface area contributed by atoms with Crippen LogP contribution in [0.2, 0.25) is 0 Å². The lowest BCUT2D eigenvalue weighted by Gasteiger charge is -2.07. The predicted molar refractivity (Wildman–Crippen MR) is 106 cm³/mol. The third kappa shape index (κ3) is 4.67. The SMILES string of the molecule is Nc1nc(COC(=O)c2csc(-c3ncccn3)n2)nc(Nc2ccc(F)cc2)n1. The molecular formula is C18H13FN8O2S. The largest absolute Gasteiger partial charge is 0.453 e. The summed E-state index contributed by atoms with van der Waals surface area (Å²) in [7, 11) is 0. The minimum atomic E-state index is -0.652. The zero-order valence-corrected chi connectivity index (χ0v) is 16.0. The van der Waals surface area contributed by atoms with Crippen LogP contribution >= 0.6 is 11.3 Å². The number of nitrogens with one attached hydrogen (secondary N) is 1. The highest BCUT2D eigenvalue weighted by atomic mass is 32.1. The summed E-state index contributed by atoms with van der Waals surface area (Å²) in [5, 5.41) is 4.93. The number of anilines is 3. The number of halogens is 1. The third-order valence-corrected chi connectivity index (χ3v) is 4.44. The molecule has 0 radical (unpaired) electrons.